The molecule has 1 rings (SSSR count). The van der Waals surface area contributed by atoms with Crippen molar-refractivity contribution in [3.63, 3.8) is 0 Å². The van der Waals surface area contributed by atoms with Gasteiger partial charge in [-0.05, 0) is 18.8 Å². The average Bonchev–Trinajstić information content (AvgIpc) is 2.43. The van der Waals surface area contributed by atoms with E-state index in [0.717, 1.165) is 25.7 Å². The van der Waals surface area contributed by atoms with E-state index in [4.69, 9.17) is 4.74 Å². The van der Waals surface area contributed by atoms with Gasteiger partial charge < -0.3 is 10.1 Å². The van der Waals surface area contributed by atoms with Gasteiger partial charge in [-0.1, -0.05) is 58.8 Å². The van der Waals surface area contributed by atoms with Crippen molar-refractivity contribution in [1.29, 1.82) is 0 Å². The molecule has 108 valence electrons. The molecular weight excluding hydrogens is 222 g/mol. The Morgan fingerprint density at radius 1 is 1.00 bits per heavy atom. The first-order valence-electron chi connectivity index (χ1n) is 8.19. The predicted octanol–water partition coefficient (Wildman–Crippen LogP) is 4.14. The summed E-state index contributed by atoms with van der Waals surface area (Å²) in [5.41, 5.74) is 0. The lowest BCUT2D eigenvalue weighted by molar-refractivity contribution is 0.0521. The maximum Gasteiger partial charge on any atom is 0.0622 e. The molecule has 0 aromatic carbocycles. The Labute approximate surface area is 114 Å². The van der Waals surface area contributed by atoms with Gasteiger partial charge in [-0.25, -0.2) is 0 Å². The van der Waals surface area contributed by atoms with Crippen molar-refractivity contribution in [2.24, 2.45) is 5.92 Å². The van der Waals surface area contributed by atoms with Crippen LogP contribution in [-0.4, -0.2) is 25.8 Å². The van der Waals surface area contributed by atoms with Gasteiger partial charge >= 0.3 is 0 Å². The second-order valence-corrected chi connectivity index (χ2v) is 5.74. The van der Waals surface area contributed by atoms with Crippen molar-refractivity contribution >= 4 is 0 Å². The number of nitrogens with one attached hydrogen (secondary N) is 1. The second kappa shape index (κ2) is 10.8. The van der Waals surface area contributed by atoms with E-state index < -0.39 is 0 Å². The number of unbranched alkanes of at least 4 members (excludes halogenated alkanes) is 5. The normalized spacial score (nSPS) is 22.0. The van der Waals surface area contributed by atoms with E-state index in [-0.39, 0.29) is 0 Å². The molecule has 0 spiro atoms. The van der Waals surface area contributed by atoms with Crippen LogP contribution in [0.2, 0.25) is 0 Å². The summed E-state index contributed by atoms with van der Waals surface area (Å²) in [6.07, 6.45) is 12.5. The van der Waals surface area contributed by atoms with Crippen molar-refractivity contribution in [2.45, 2.75) is 77.7 Å². The zero-order chi connectivity index (χ0) is 13.1. The summed E-state index contributed by atoms with van der Waals surface area (Å²) in [4.78, 5) is 0. The van der Waals surface area contributed by atoms with E-state index in [1.165, 1.54) is 57.8 Å². The van der Waals surface area contributed by atoms with Gasteiger partial charge in [0.25, 0.3) is 0 Å². The summed E-state index contributed by atoms with van der Waals surface area (Å²) in [7, 11) is 0. The topological polar surface area (TPSA) is 21.3 Å². The molecule has 0 saturated carbocycles. The summed E-state index contributed by atoms with van der Waals surface area (Å²) in [5.74, 6) is 0.840. The molecule has 0 bridgehead atoms. The highest BCUT2D eigenvalue weighted by Gasteiger charge is 2.22. The highest BCUT2D eigenvalue weighted by molar-refractivity contribution is 4.78. The third kappa shape index (κ3) is 6.75. The van der Waals surface area contributed by atoms with Gasteiger partial charge in [0.05, 0.1) is 13.2 Å². The monoisotopic (exact) mass is 255 g/mol. The van der Waals surface area contributed by atoms with E-state index in [1.807, 2.05) is 0 Å². The Hall–Kier alpha value is -0.0800. The van der Waals surface area contributed by atoms with E-state index in [9.17, 15) is 0 Å². The summed E-state index contributed by atoms with van der Waals surface area (Å²) in [5, 5.41) is 3.66. The zero-order valence-electron chi connectivity index (χ0n) is 12.5. The highest BCUT2D eigenvalue weighted by atomic mass is 16.5. The van der Waals surface area contributed by atoms with Gasteiger partial charge in [0.2, 0.25) is 0 Å². The summed E-state index contributed by atoms with van der Waals surface area (Å²) in [6, 6.07) is 0.622. The SMILES string of the molecule is CCCCCCCC(CCCC)C1COCCN1. The molecule has 1 aliphatic rings. The number of hydrogen-bond donors (Lipinski definition) is 1. The number of hydrogen-bond acceptors (Lipinski definition) is 2. The minimum atomic E-state index is 0.622. The van der Waals surface area contributed by atoms with E-state index in [2.05, 4.69) is 19.2 Å². The fraction of sp³-hybridized carbons (Fsp3) is 1.00. The molecule has 0 radical (unpaired) electrons. The zero-order valence-corrected chi connectivity index (χ0v) is 12.5. The fourth-order valence-corrected chi connectivity index (χ4v) is 2.91. The number of morpholine rings is 1. The number of ether oxygens (including phenoxy) is 1. The van der Waals surface area contributed by atoms with Gasteiger partial charge in [0.15, 0.2) is 0 Å². The maximum atomic E-state index is 5.63. The summed E-state index contributed by atoms with van der Waals surface area (Å²) in [6.45, 7) is 7.45. The molecule has 0 aromatic heterocycles. The lowest BCUT2D eigenvalue weighted by atomic mass is 9.88. The van der Waals surface area contributed by atoms with Crippen LogP contribution in [0.4, 0.5) is 0 Å². The van der Waals surface area contributed by atoms with Gasteiger partial charge in [0, 0.05) is 12.6 Å². The molecule has 1 N–H and O–H groups in total. The average molecular weight is 255 g/mol. The van der Waals surface area contributed by atoms with Crippen LogP contribution in [0.15, 0.2) is 0 Å². The van der Waals surface area contributed by atoms with Gasteiger partial charge in [-0.3, -0.25) is 0 Å². The van der Waals surface area contributed by atoms with Gasteiger partial charge in [0.1, 0.15) is 0 Å². The first kappa shape index (κ1) is 16.0. The summed E-state index contributed by atoms with van der Waals surface area (Å²) >= 11 is 0. The molecule has 2 nitrogen and oxygen atoms in total. The van der Waals surface area contributed by atoms with Crippen molar-refractivity contribution in [3.8, 4) is 0 Å². The molecule has 0 aromatic rings. The first-order chi connectivity index (χ1) is 8.88. The minimum absolute atomic E-state index is 0.622. The Balaban J connectivity index is 2.21. The Kier molecular flexibility index (Phi) is 9.59. The fourth-order valence-electron chi connectivity index (χ4n) is 2.91. The maximum absolute atomic E-state index is 5.63. The molecule has 1 saturated heterocycles. The predicted molar refractivity (Wildman–Crippen MR) is 79.0 cm³/mol. The van der Waals surface area contributed by atoms with Crippen LogP contribution in [0.25, 0.3) is 0 Å². The second-order valence-electron chi connectivity index (χ2n) is 5.74. The molecule has 2 atom stereocenters. The smallest absolute Gasteiger partial charge is 0.0622 e. The molecule has 2 heteroatoms. The third-order valence-corrected chi connectivity index (χ3v) is 4.13. The van der Waals surface area contributed by atoms with Crippen molar-refractivity contribution < 1.29 is 4.74 Å². The molecule has 0 aliphatic carbocycles. The largest absolute Gasteiger partial charge is 0.379 e. The van der Waals surface area contributed by atoms with Crippen molar-refractivity contribution in [3.05, 3.63) is 0 Å². The van der Waals surface area contributed by atoms with E-state index in [1.54, 1.807) is 0 Å². The molecule has 2 unspecified atom stereocenters. The lowest BCUT2D eigenvalue weighted by Crippen LogP contribution is -2.46. The standard InChI is InChI=1S/C16H33NO/c1-3-5-7-8-9-11-15(10-6-4-2)16-14-18-13-12-17-16/h15-17H,3-14H2,1-2H3. The first-order valence-corrected chi connectivity index (χ1v) is 8.19. The van der Waals surface area contributed by atoms with Crippen LogP contribution < -0.4 is 5.32 Å². The molecule has 1 fully saturated rings. The molecule has 1 heterocycles. The molecular formula is C16H33NO. The van der Waals surface area contributed by atoms with Crippen LogP contribution in [-0.2, 0) is 4.74 Å². The third-order valence-electron chi connectivity index (χ3n) is 4.13. The quantitative estimate of drug-likeness (QED) is 0.592. The van der Waals surface area contributed by atoms with Gasteiger partial charge in [-0.15, -0.1) is 0 Å². The summed E-state index contributed by atoms with van der Waals surface area (Å²) < 4.78 is 5.63. The van der Waals surface area contributed by atoms with E-state index >= 15 is 0 Å². The van der Waals surface area contributed by atoms with E-state index in [0.29, 0.717) is 6.04 Å². The molecule has 1 aliphatic heterocycles. The minimum Gasteiger partial charge on any atom is -0.379 e. The number of rotatable bonds is 10. The Morgan fingerprint density at radius 2 is 1.72 bits per heavy atom. The van der Waals surface area contributed by atoms with Crippen LogP contribution in [0, 0.1) is 5.92 Å². The molecule has 18 heavy (non-hydrogen) atoms. The van der Waals surface area contributed by atoms with Crippen molar-refractivity contribution in [2.75, 3.05) is 19.8 Å². The lowest BCUT2D eigenvalue weighted by Gasteiger charge is -2.31. The van der Waals surface area contributed by atoms with Crippen LogP contribution in [0.3, 0.4) is 0 Å². The van der Waals surface area contributed by atoms with Crippen LogP contribution in [0.5, 0.6) is 0 Å². The Morgan fingerprint density at radius 3 is 2.39 bits per heavy atom. The highest BCUT2D eigenvalue weighted by Crippen LogP contribution is 2.22. The van der Waals surface area contributed by atoms with Crippen LogP contribution >= 0.6 is 0 Å². The van der Waals surface area contributed by atoms with Crippen LogP contribution in [0.1, 0.15) is 71.6 Å². The molecule has 0 amide bonds. The van der Waals surface area contributed by atoms with Gasteiger partial charge in [-0.2, -0.15) is 0 Å². The van der Waals surface area contributed by atoms with Crippen molar-refractivity contribution in [1.82, 2.24) is 5.32 Å². The Bertz CT molecular complexity index is 178.